The number of unbranched alkanes of at least 4 members (excludes halogenated alkanes) is 1. The number of nitrogens with two attached hydrogens (primary N) is 1. The van der Waals surface area contributed by atoms with Gasteiger partial charge in [0.15, 0.2) is 0 Å². The van der Waals surface area contributed by atoms with E-state index in [4.69, 9.17) is 5.73 Å². The zero-order chi connectivity index (χ0) is 15.3. The normalized spacial score (nSPS) is 15.2. The van der Waals surface area contributed by atoms with Gasteiger partial charge < -0.3 is 11.1 Å². The predicted octanol–water partition coefficient (Wildman–Crippen LogP) is 0.979. The Hall–Kier alpha value is -1.44. The molecular weight excluding hydrogens is 290 g/mol. The molecule has 116 valence electrons. The fourth-order valence-electron chi connectivity index (χ4n) is 2.28. The Bertz CT molecular complexity index is 614. The number of sulfonamides is 1. The van der Waals surface area contributed by atoms with E-state index >= 15 is 0 Å². The molecule has 0 aromatic heterocycles. The molecule has 4 N–H and O–H groups in total. The van der Waals surface area contributed by atoms with Crippen molar-refractivity contribution in [3.63, 3.8) is 0 Å². The number of amides is 1. The molecule has 6 nitrogen and oxygen atoms in total. The Morgan fingerprint density at radius 1 is 1.24 bits per heavy atom. The summed E-state index contributed by atoms with van der Waals surface area (Å²) in [5.41, 5.74) is 6.95. The molecule has 0 radical (unpaired) electrons. The van der Waals surface area contributed by atoms with Crippen LogP contribution in [0.2, 0.25) is 0 Å². The second kappa shape index (κ2) is 7.02. The van der Waals surface area contributed by atoms with Gasteiger partial charge in [-0.05, 0) is 56.0 Å². The van der Waals surface area contributed by atoms with Gasteiger partial charge in [-0.15, -0.1) is 0 Å². The van der Waals surface area contributed by atoms with Crippen LogP contribution in [0.1, 0.15) is 31.2 Å². The van der Waals surface area contributed by atoms with Crippen LogP contribution in [0.15, 0.2) is 23.1 Å². The topological polar surface area (TPSA) is 101 Å². The Kier molecular flexibility index (Phi) is 5.33. The number of carbonyl (C=O) groups excluding carboxylic acids is 1. The van der Waals surface area contributed by atoms with Crippen LogP contribution in [0, 0.1) is 0 Å². The van der Waals surface area contributed by atoms with Gasteiger partial charge in [-0.3, -0.25) is 4.79 Å². The van der Waals surface area contributed by atoms with Gasteiger partial charge >= 0.3 is 0 Å². The number of carbonyl (C=O) groups is 1. The Labute approximate surface area is 125 Å². The summed E-state index contributed by atoms with van der Waals surface area (Å²) in [5.74, 6) is -0.0238. The maximum Gasteiger partial charge on any atom is 0.240 e. The monoisotopic (exact) mass is 311 g/mol. The molecule has 2 rings (SSSR count). The highest BCUT2D eigenvalue weighted by atomic mass is 32.2. The van der Waals surface area contributed by atoms with Gasteiger partial charge in [0.2, 0.25) is 15.9 Å². The van der Waals surface area contributed by atoms with Gasteiger partial charge in [-0.2, -0.15) is 0 Å². The zero-order valence-corrected chi connectivity index (χ0v) is 12.7. The average Bonchev–Trinajstić information content (AvgIpc) is 2.63. The lowest BCUT2D eigenvalue weighted by molar-refractivity contribution is -0.116. The van der Waals surface area contributed by atoms with Gasteiger partial charge in [0, 0.05) is 18.7 Å². The smallest absolute Gasteiger partial charge is 0.240 e. The first-order chi connectivity index (χ1) is 10.0. The molecule has 0 saturated heterocycles. The summed E-state index contributed by atoms with van der Waals surface area (Å²) in [6.45, 7) is 0.938. The predicted molar refractivity (Wildman–Crippen MR) is 81.5 cm³/mol. The van der Waals surface area contributed by atoms with E-state index < -0.39 is 10.0 Å². The largest absolute Gasteiger partial charge is 0.330 e. The Morgan fingerprint density at radius 2 is 2.05 bits per heavy atom. The Balaban J connectivity index is 2.13. The van der Waals surface area contributed by atoms with Crippen LogP contribution in [0.3, 0.4) is 0 Å². The molecule has 0 unspecified atom stereocenters. The average molecular weight is 311 g/mol. The van der Waals surface area contributed by atoms with E-state index in [1.165, 1.54) is 6.07 Å². The Morgan fingerprint density at radius 3 is 2.81 bits per heavy atom. The summed E-state index contributed by atoms with van der Waals surface area (Å²) in [7, 11) is -3.50. The van der Waals surface area contributed by atoms with Gasteiger partial charge in [0.05, 0.1) is 4.90 Å². The maximum atomic E-state index is 12.2. The molecule has 0 spiro atoms. The third kappa shape index (κ3) is 4.26. The van der Waals surface area contributed by atoms with E-state index in [0.29, 0.717) is 31.6 Å². The fourth-order valence-corrected chi connectivity index (χ4v) is 3.40. The van der Waals surface area contributed by atoms with E-state index in [0.717, 1.165) is 24.8 Å². The van der Waals surface area contributed by atoms with Crippen molar-refractivity contribution in [2.45, 2.75) is 37.0 Å². The summed E-state index contributed by atoms with van der Waals surface area (Å²) in [4.78, 5) is 11.7. The van der Waals surface area contributed by atoms with Crippen molar-refractivity contribution in [3.8, 4) is 0 Å². The lowest BCUT2D eigenvalue weighted by atomic mass is 10.1. The quantitative estimate of drug-likeness (QED) is 0.682. The SMILES string of the molecule is NCCCCNS(=O)(=O)c1ccc2c(c1)CCCC(=O)N2. The minimum absolute atomic E-state index is 0.0238. The summed E-state index contributed by atoms with van der Waals surface area (Å²) in [5, 5.41) is 2.79. The number of aryl methyl sites for hydroxylation is 1. The molecule has 1 aliphatic rings. The van der Waals surface area contributed by atoms with Crippen LogP contribution in [-0.2, 0) is 21.2 Å². The molecule has 0 fully saturated rings. The van der Waals surface area contributed by atoms with Crippen LogP contribution in [0.25, 0.3) is 0 Å². The van der Waals surface area contributed by atoms with Crippen LogP contribution >= 0.6 is 0 Å². The zero-order valence-electron chi connectivity index (χ0n) is 11.9. The van der Waals surface area contributed by atoms with Crippen molar-refractivity contribution in [2.24, 2.45) is 5.73 Å². The molecule has 7 heteroatoms. The highest BCUT2D eigenvalue weighted by Crippen LogP contribution is 2.25. The minimum atomic E-state index is -3.50. The number of rotatable bonds is 6. The van der Waals surface area contributed by atoms with Gasteiger partial charge in [-0.1, -0.05) is 0 Å². The fraction of sp³-hybridized carbons (Fsp3) is 0.500. The second-order valence-corrected chi connectivity index (χ2v) is 6.88. The molecule has 1 aromatic carbocycles. The van der Waals surface area contributed by atoms with Crippen LogP contribution in [0.5, 0.6) is 0 Å². The summed E-state index contributed by atoms with van der Waals surface area (Å²) in [6, 6.07) is 4.83. The number of hydrogen-bond acceptors (Lipinski definition) is 4. The summed E-state index contributed by atoms with van der Waals surface area (Å²) >= 11 is 0. The molecule has 0 aliphatic carbocycles. The van der Waals surface area contributed by atoms with E-state index in [1.54, 1.807) is 12.1 Å². The molecular formula is C14H21N3O3S. The van der Waals surface area contributed by atoms with Crippen LogP contribution < -0.4 is 15.8 Å². The number of benzene rings is 1. The van der Waals surface area contributed by atoms with Crippen molar-refractivity contribution in [1.82, 2.24) is 4.72 Å². The summed E-state index contributed by atoms with van der Waals surface area (Å²) in [6.07, 6.45) is 3.40. The first-order valence-corrected chi connectivity index (χ1v) is 8.64. The standard InChI is InChI=1S/C14H21N3O3S/c15-8-1-2-9-16-21(19,20)12-6-7-13-11(10-12)4-3-5-14(18)17-13/h6-7,10,16H,1-5,8-9,15H2,(H,17,18). The lowest BCUT2D eigenvalue weighted by Crippen LogP contribution is -2.25. The van der Waals surface area contributed by atoms with E-state index in [9.17, 15) is 13.2 Å². The van der Waals surface area contributed by atoms with E-state index in [1.807, 2.05) is 0 Å². The van der Waals surface area contributed by atoms with Crippen LogP contribution in [0.4, 0.5) is 5.69 Å². The third-order valence-corrected chi connectivity index (χ3v) is 4.89. The number of fused-ring (bicyclic) bond motifs is 1. The van der Waals surface area contributed by atoms with Crippen molar-refractivity contribution in [2.75, 3.05) is 18.4 Å². The van der Waals surface area contributed by atoms with Crippen LogP contribution in [-0.4, -0.2) is 27.4 Å². The van der Waals surface area contributed by atoms with Crippen molar-refractivity contribution < 1.29 is 13.2 Å². The van der Waals surface area contributed by atoms with Crippen molar-refractivity contribution >= 4 is 21.6 Å². The minimum Gasteiger partial charge on any atom is -0.330 e. The van der Waals surface area contributed by atoms with E-state index in [-0.39, 0.29) is 10.8 Å². The highest BCUT2D eigenvalue weighted by Gasteiger charge is 2.18. The molecule has 21 heavy (non-hydrogen) atoms. The third-order valence-electron chi connectivity index (χ3n) is 3.43. The van der Waals surface area contributed by atoms with Gasteiger partial charge in [0.25, 0.3) is 0 Å². The number of hydrogen-bond donors (Lipinski definition) is 3. The number of anilines is 1. The van der Waals surface area contributed by atoms with Gasteiger partial charge in [-0.25, -0.2) is 13.1 Å². The van der Waals surface area contributed by atoms with Gasteiger partial charge in [0.1, 0.15) is 0 Å². The molecule has 1 amide bonds. The van der Waals surface area contributed by atoms with Crippen molar-refractivity contribution in [3.05, 3.63) is 23.8 Å². The number of nitrogens with one attached hydrogen (secondary N) is 2. The summed E-state index contributed by atoms with van der Waals surface area (Å²) < 4.78 is 27.0. The molecule has 1 aliphatic heterocycles. The maximum absolute atomic E-state index is 12.2. The lowest BCUT2D eigenvalue weighted by Gasteiger charge is -2.11. The second-order valence-electron chi connectivity index (χ2n) is 5.11. The molecule has 1 aromatic rings. The molecule has 0 bridgehead atoms. The molecule has 0 saturated carbocycles. The molecule has 0 atom stereocenters. The highest BCUT2D eigenvalue weighted by molar-refractivity contribution is 7.89. The molecule has 1 heterocycles. The van der Waals surface area contributed by atoms with E-state index in [2.05, 4.69) is 10.0 Å². The first kappa shape index (κ1) is 15.9. The van der Waals surface area contributed by atoms with Crippen molar-refractivity contribution in [1.29, 1.82) is 0 Å². The first-order valence-electron chi connectivity index (χ1n) is 7.15.